The molecule has 0 N–H and O–H groups in total. The highest BCUT2D eigenvalue weighted by atomic mass is 35.5. The summed E-state index contributed by atoms with van der Waals surface area (Å²) in [7, 11) is 0. The molecule has 0 saturated heterocycles. The Hall–Kier alpha value is -1.78. The number of benzene rings is 2. The third-order valence-corrected chi connectivity index (χ3v) is 2.70. The van der Waals surface area contributed by atoms with Crippen LogP contribution in [0.25, 0.3) is 11.1 Å². The minimum atomic E-state index is 0.589. The predicted octanol–water partition coefficient (Wildman–Crippen LogP) is 4.19. The van der Waals surface area contributed by atoms with Gasteiger partial charge in [-0.25, -0.2) is 0 Å². The summed E-state index contributed by atoms with van der Waals surface area (Å²) in [6.07, 6.45) is 0. The molecule has 0 aromatic heterocycles. The number of nitrogens with zero attached hydrogens (tertiary/aromatic N) is 1. The molecular weight excluding hydrogens is 218 g/mol. The van der Waals surface area contributed by atoms with Crippen molar-refractivity contribution >= 4 is 11.6 Å². The summed E-state index contributed by atoms with van der Waals surface area (Å²) < 4.78 is 0. The number of hydrogen-bond acceptors (Lipinski definition) is 1. The van der Waals surface area contributed by atoms with Gasteiger partial charge in [-0.1, -0.05) is 35.9 Å². The van der Waals surface area contributed by atoms with E-state index < -0.39 is 0 Å². The van der Waals surface area contributed by atoms with E-state index in [1.165, 1.54) is 5.56 Å². The lowest BCUT2D eigenvalue weighted by Crippen LogP contribution is -1.84. The van der Waals surface area contributed by atoms with Gasteiger partial charge >= 0.3 is 0 Å². The Labute approximate surface area is 99.9 Å². The van der Waals surface area contributed by atoms with Gasteiger partial charge in [-0.3, -0.25) is 0 Å². The largest absolute Gasteiger partial charge is 0.192 e. The standard InChI is InChI=1S/C14H10ClN/c1-10-4-2-3-5-14(10)12-6-11(9-16)7-13(15)8-12/h2-8H,1H3. The normalized spacial score (nSPS) is 9.81. The van der Waals surface area contributed by atoms with Crippen molar-refractivity contribution in [3.63, 3.8) is 0 Å². The maximum atomic E-state index is 8.89. The van der Waals surface area contributed by atoms with E-state index in [2.05, 4.69) is 6.07 Å². The van der Waals surface area contributed by atoms with Crippen molar-refractivity contribution in [3.05, 3.63) is 58.6 Å². The first-order chi connectivity index (χ1) is 7.70. The van der Waals surface area contributed by atoms with Gasteiger partial charge in [0.1, 0.15) is 0 Å². The molecule has 0 unspecified atom stereocenters. The SMILES string of the molecule is Cc1ccccc1-c1cc(Cl)cc(C#N)c1. The molecule has 0 aliphatic rings. The van der Waals surface area contributed by atoms with Crippen molar-refractivity contribution in [2.45, 2.75) is 6.92 Å². The highest BCUT2D eigenvalue weighted by Crippen LogP contribution is 2.27. The molecule has 2 heteroatoms. The molecule has 16 heavy (non-hydrogen) atoms. The van der Waals surface area contributed by atoms with Crippen LogP contribution in [0.15, 0.2) is 42.5 Å². The van der Waals surface area contributed by atoms with Gasteiger partial charge in [0.2, 0.25) is 0 Å². The lowest BCUT2D eigenvalue weighted by atomic mass is 9.99. The van der Waals surface area contributed by atoms with Crippen molar-refractivity contribution in [1.82, 2.24) is 0 Å². The van der Waals surface area contributed by atoms with Crippen LogP contribution in [0.4, 0.5) is 0 Å². The zero-order valence-corrected chi connectivity index (χ0v) is 9.62. The zero-order valence-electron chi connectivity index (χ0n) is 8.87. The molecule has 2 aromatic rings. The Kier molecular flexibility index (Phi) is 2.94. The fraction of sp³-hybridized carbons (Fsp3) is 0.0714. The molecule has 0 spiro atoms. The van der Waals surface area contributed by atoms with Gasteiger partial charge in [-0.05, 0) is 41.8 Å². The topological polar surface area (TPSA) is 23.8 Å². The second-order valence-corrected chi connectivity index (χ2v) is 4.09. The summed E-state index contributed by atoms with van der Waals surface area (Å²) in [6, 6.07) is 15.6. The van der Waals surface area contributed by atoms with E-state index in [1.54, 1.807) is 6.07 Å². The third kappa shape index (κ3) is 2.08. The van der Waals surface area contributed by atoms with E-state index in [0.717, 1.165) is 11.1 Å². The third-order valence-electron chi connectivity index (χ3n) is 2.48. The first-order valence-corrected chi connectivity index (χ1v) is 5.35. The average Bonchev–Trinajstić information content (AvgIpc) is 2.28. The van der Waals surface area contributed by atoms with Crippen LogP contribution in [0.1, 0.15) is 11.1 Å². The molecule has 0 fully saturated rings. The maximum absolute atomic E-state index is 8.89. The smallest absolute Gasteiger partial charge is 0.0992 e. The van der Waals surface area contributed by atoms with Crippen molar-refractivity contribution < 1.29 is 0 Å². The van der Waals surface area contributed by atoms with Gasteiger partial charge in [0.05, 0.1) is 11.6 Å². The molecule has 78 valence electrons. The Morgan fingerprint density at radius 3 is 2.56 bits per heavy atom. The van der Waals surface area contributed by atoms with Gasteiger partial charge < -0.3 is 0 Å². The predicted molar refractivity (Wildman–Crippen MR) is 66.3 cm³/mol. The van der Waals surface area contributed by atoms with Crippen molar-refractivity contribution in [2.75, 3.05) is 0 Å². The summed E-state index contributed by atoms with van der Waals surface area (Å²) in [4.78, 5) is 0. The molecule has 0 amide bonds. The van der Waals surface area contributed by atoms with E-state index >= 15 is 0 Å². The summed E-state index contributed by atoms with van der Waals surface area (Å²) in [6.45, 7) is 2.04. The van der Waals surface area contributed by atoms with Gasteiger partial charge in [0, 0.05) is 5.02 Å². The molecular formula is C14H10ClN. The molecule has 0 radical (unpaired) electrons. The number of rotatable bonds is 1. The first kappa shape index (κ1) is 10.7. The van der Waals surface area contributed by atoms with Gasteiger partial charge in [0.15, 0.2) is 0 Å². The molecule has 0 saturated carbocycles. The summed E-state index contributed by atoms with van der Waals surface area (Å²) in [5, 5.41) is 9.49. The van der Waals surface area contributed by atoms with Crippen LogP contribution in [0.3, 0.4) is 0 Å². The first-order valence-electron chi connectivity index (χ1n) is 4.97. The lowest BCUT2D eigenvalue weighted by molar-refractivity contribution is 1.44. The number of aryl methyl sites for hydroxylation is 1. The summed E-state index contributed by atoms with van der Waals surface area (Å²) in [5.41, 5.74) is 3.86. The van der Waals surface area contributed by atoms with Crippen LogP contribution in [0, 0.1) is 18.3 Å². The second kappa shape index (κ2) is 4.38. The Bertz CT molecular complexity index is 567. The molecule has 2 aromatic carbocycles. The molecule has 0 bridgehead atoms. The highest BCUT2D eigenvalue weighted by Gasteiger charge is 2.04. The number of hydrogen-bond donors (Lipinski definition) is 0. The Morgan fingerprint density at radius 2 is 1.88 bits per heavy atom. The minimum Gasteiger partial charge on any atom is -0.192 e. The fourth-order valence-corrected chi connectivity index (χ4v) is 1.94. The number of halogens is 1. The van der Waals surface area contributed by atoms with Gasteiger partial charge in [-0.15, -0.1) is 0 Å². The number of nitriles is 1. The summed E-state index contributed by atoms with van der Waals surface area (Å²) >= 11 is 5.98. The monoisotopic (exact) mass is 227 g/mol. The fourth-order valence-electron chi connectivity index (χ4n) is 1.71. The van der Waals surface area contributed by atoms with Crippen molar-refractivity contribution in [1.29, 1.82) is 5.26 Å². The molecule has 0 heterocycles. The van der Waals surface area contributed by atoms with Crippen molar-refractivity contribution in [2.24, 2.45) is 0 Å². The quantitative estimate of drug-likeness (QED) is 0.717. The van der Waals surface area contributed by atoms with Gasteiger partial charge in [0.25, 0.3) is 0 Å². The lowest BCUT2D eigenvalue weighted by Gasteiger charge is -2.06. The van der Waals surface area contributed by atoms with E-state index in [-0.39, 0.29) is 0 Å². The van der Waals surface area contributed by atoms with Crippen LogP contribution in [0.5, 0.6) is 0 Å². The maximum Gasteiger partial charge on any atom is 0.0992 e. The average molecular weight is 228 g/mol. The van der Waals surface area contributed by atoms with Gasteiger partial charge in [-0.2, -0.15) is 5.26 Å². The van der Waals surface area contributed by atoms with Crippen LogP contribution in [0.2, 0.25) is 5.02 Å². The molecule has 0 aliphatic carbocycles. The Balaban J connectivity index is 2.61. The molecule has 1 nitrogen and oxygen atoms in total. The second-order valence-electron chi connectivity index (χ2n) is 3.66. The van der Waals surface area contributed by atoms with E-state index in [0.29, 0.717) is 10.6 Å². The highest BCUT2D eigenvalue weighted by molar-refractivity contribution is 6.31. The molecule has 2 rings (SSSR count). The van der Waals surface area contributed by atoms with E-state index in [4.69, 9.17) is 16.9 Å². The van der Waals surface area contributed by atoms with Crippen LogP contribution in [-0.2, 0) is 0 Å². The van der Waals surface area contributed by atoms with E-state index in [1.807, 2.05) is 43.3 Å². The zero-order chi connectivity index (χ0) is 11.5. The van der Waals surface area contributed by atoms with Crippen molar-refractivity contribution in [3.8, 4) is 17.2 Å². The van der Waals surface area contributed by atoms with Crippen LogP contribution in [-0.4, -0.2) is 0 Å². The van der Waals surface area contributed by atoms with Crippen LogP contribution >= 0.6 is 11.6 Å². The minimum absolute atomic E-state index is 0.589. The molecule has 0 aliphatic heterocycles. The van der Waals surface area contributed by atoms with E-state index in [9.17, 15) is 0 Å². The Morgan fingerprint density at radius 1 is 1.12 bits per heavy atom. The van der Waals surface area contributed by atoms with Crippen LogP contribution < -0.4 is 0 Å². The summed E-state index contributed by atoms with van der Waals surface area (Å²) in [5.74, 6) is 0. The molecule has 0 atom stereocenters.